The Hall–Kier alpha value is -2.66. The van der Waals surface area contributed by atoms with Crippen molar-refractivity contribution >= 4 is 0 Å². The SMILES string of the molecule is CNC(C)Cc1noc(-c2ccc(OCc3ccccc3)cc2)n1. The van der Waals surface area contributed by atoms with E-state index in [1.54, 1.807) is 0 Å². The number of rotatable bonds is 7. The molecule has 0 spiro atoms. The fraction of sp³-hybridized carbons (Fsp3) is 0.263. The highest BCUT2D eigenvalue weighted by Gasteiger charge is 2.11. The molecule has 3 aromatic rings. The second-order valence-electron chi connectivity index (χ2n) is 5.71. The summed E-state index contributed by atoms with van der Waals surface area (Å²) in [7, 11) is 1.92. The minimum Gasteiger partial charge on any atom is -0.489 e. The lowest BCUT2D eigenvalue weighted by Gasteiger charge is -2.06. The number of nitrogens with zero attached hydrogens (tertiary/aromatic N) is 2. The normalized spacial score (nSPS) is 12.1. The molecule has 1 unspecified atom stereocenters. The molecule has 0 radical (unpaired) electrons. The fourth-order valence-electron chi connectivity index (χ4n) is 2.26. The molecule has 0 bridgehead atoms. The van der Waals surface area contributed by atoms with Gasteiger partial charge in [0.25, 0.3) is 5.89 Å². The fourth-order valence-corrected chi connectivity index (χ4v) is 2.26. The van der Waals surface area contributed by atoms with Crippen molar-refractivity contribution in [2.75, 3.05) is 7.05 Å². The average Bonchev–Trinajstić information content (AvgIpc) is 3.09. The molecule has 0 aliphatic rings. The van der Waals surface area contributed by atoms with Crippen LogP contribution in [0.1, 0.15) is 18.3 Å². The topological polar surface area (TPSA) is 60.2 Å². The highest BCUT2D eigenvalue weighted by Crippen LogP contribution is 2.21. The lowest BCUT2D eigenvalue weighted by molar-refractivity contribution is 0.306. The van der Waals surface area contributed by atoms with E-state index in [4.69, 9.17) is 9.26 Å². The summed E-state index contributed by atoms with van der Waals surface area (Å²) < 4.78 is 11.1. The number of hydrogen-bond donors (Lipinski definition) is 1. The molecule has 0 aliphatic carbocycles. The van der Waals surface area contributed by atoms with Gasteiger partial charge in [0.05, 0.1) is 0 Å². The first kappa shape index (κ1) is 16.2. The van der Waals surface area contributed by atoms with Gasteiger partial charge in [-0.1, -0.05) is 35.5 Å². The Morgan fingerprint density at radius 2 is 1.83 bits per heavy atom. The van der Waals surface area contributed by atoms with Crippen molar-refractivity contribution in [3.05, 3.63) is 66.0 Å². The number of likely N-dealkylation sites (N-methyl/N-ethyl adjacent to an activating group) is 1. The van der Waals surface area contributed by atoms with Crippen molar-refractivity contribution in [1.82, 2.24) is 15.5 Å². The summed E-state index contributed by atoms with van der Waals surface area (Å²) >= 11 is 0. The summed E-state index contributed by atoms with van der Waals surface area (Å²) in [4.78, 5) is 4.43. The first-order chi connectivity index (χ1) is 11.7. The van der Waals surface area contributed by atoms with Crippen LogP contribution in [0.5, 0.6) is 5.75 Å². The number of benzene rings is 2. The Balaban J connectivity index is 1.62. The quantitative estimate of drug-likeness (QED) is 0.721. The van der Waals surface area contributed by atoms with E-state index in [0.29, 0.717) is 24.4 Å². The Kier molecular flexibility index (Phi) is 5.23. The summed E-state index contributed by atoms with van der Waals surface area (Å²) in [6.07, 6.45) is 0.734. The summed E-state index contributed by atoms with van der Waals surface area (Å²) in [5, 5.41) is 7.18. The smallest absolute Gasteiger partial charge is 0.257 e. The van der Waals surface area contributed by atoms with Gasteiger partial charge in [0, 0.05) is 18.0 Å². The molecule has 0 amide bonds. The van der Waals surface area contributed by atoms with E-state index in [9.17, 15) is 0 Å². The molecular formula is C19H21N3O2. The van der Waals surface area contributed by atoms with E-state index in [1.165, 1.54) is 0 Å². The molecule has 1 heterocycles. The van der Waals surface area contributed by atoms with Gasteiger partial charge in [0.15, 0.2) is 5.82 Å². The van der Waals surface area contributed by atoms with Gasteiger partial charge in [0.1, 0.15) is 12.4 Å². The summed E-state index contributed by atoms with van der Waals surface area (Å²) in [5.41, 5.74) is 2.03. The maximum Gasteiger partial charge on any atom is 0.257 e. The second-order valence-corrected chi connectivity index (χ2v) is 5.71. The van der Waals surface area contributed by atoms with Crippen molar-refractivity contribution in [2.45, 2.75) is 26.0 Å². The van der Waals surface area contributed by atoms with Crippen LogP contribution in [0, 0.1) is 0 Å². The maximum atomic E-state index is 5.78. The van der Waals surface area contributed by atoms with E-state index in [1.807, 2.05) is 61.6 Å². The van der Waals surface area contributed by atoms with Gasteiger partial charge in [-0.25, -0.2) is 0 Å². The first-order valence-corrected chi connectivity index (χ1v) is 8.01. The third-order valence-electron chi connectivity index (χ3n) is 3.80. The molecular weight excluding hydrogens is 302 g/mol. The highest BCUT2D eigenvalue weighted by molar-refractivity contribution is 5.54. The number of nitrogens with one attached hydrogen (secondary N) is 1. The maximum absolute atomic E-state index is 5.78. The Bertz CT molecular complexity index is 754. The third kappa shape index (κ3) is 4.20. The zero-order valence-corrected chi connectivity index (χ0v) is 13.9. The molecule has 0 saturated carbocycles. The second kappa shape index (κ2) is 7.75. The van der Waals surface area contributed by atoms with E-state index in [2.05, 4.69) is 22.4 Å². The van der Waals surface area contributed by atoms with Crippen LogP contribution < -0.4 is 10.1 Å². The summed E-state index contributed by atoms with van der Waals surface area (Å²) in [6.45, 7) is 2.63. The molecule has 0 saturated heterocycles. The van der Waals surface area contributed by atoms with E-state index >= 15 is 0 Å². The Labute approximate surface area is 141 Å². The zero-order valence-electron chi connectivity index (χ0n) is 13.9. The van der Waals surface area contributed by atoms with E-state index < -0.39 is 0 Å². The van der Waals surface area contributed by atoms with Gasteiger partial charge in [-0.2, -0.15) is 4.98 Å². The number of ether oxygens (including phenoxy) is 1. The summed E-state index contributed by atoms with van der Waals surface area (Å²) in [5.74, 6) is 2.05. The van der Waals surface area contributed by atoms with Crippen LogP contribution in [0.4, 0.5) is 0 Å². The average molecular weight is 323 g/mol. The molecule has 5 heteroatoms. The zero-order chi connectivity index (χ0) is 16.8. The minimum atomic E-state index is 0.309. The molecule has 3 rings (SSSR count). The monoisotopic (exact) mass is 323 g/mol. The van der Waals surface area contributed by atoms with Crippen molar-refractivity contribution in [1.29, 1.82) is 0 Å². The molecule has 5 nitrogen and oxygen atoms in total. The molecule has 24 heavy (non-hydrogen) atoms. The summed E-state index contributed by atoms with van der Waals surface area (Å²) in [6, 6.07) is 18.1. The van der Waals surface area contributed by atoms with E-state index in [-0.39, 0.29) is 0 Å². The minimum absolute atomic E-state index is 0.309. The first-order valence-electron chi connectivity index (χ1n) is 8.01. The van der Waals surface area contributed by atoms with Crippen LogP contribution in [0.25, 0.3) is 11.5 Å². The number of aromatic nitrogens is 2. The lowest BCUT2D eigenvalue weighted by Crippen LogP contribution is -2.24. The lowest BCUT2D eigenvalue weighted by atomic mass is 10.2. The van der Waals surface area contributed by atoms with Crippen molar-refractivity contribution in [2.24, 2.45) is 0 Å². The van der Waals surface area contributed by atoms with Crippen molar-refractivity contribution in [3.63, 3.8) is 0 Å². The van der Waals surface area contributed by atoms with Crippen LogP contribution in [-0.4, -0.2) is 23.2 Å². The predicted octanol–water partition coefficient (Wildman–Crippen LogP) is 3.47. The highest BCUT2D eigenvalue weighted by atomic mass is 16.5. The van der Waals surface area contributed by atoms with Crippen LogP contribution >= 0.6 is 0 Å². The van der Waals surface area contributed by atoms with Gasteiger partial charge in [-0.05, 0) is 43.8 Å². The Morgan fingerprint density at radius 3 is 2.54 bits per heavy atom. The predicted molar refractivity (Wildman–Crippen MR) is 92.7 cm³/mol. The van der Waals surface area contributed by atoms with Crippen LogP contribution in [0.2, 0.25) is 0 Å². The molecule has 0 aliphatic heterocycles. The van der Waals surface area contributed by atoms with Gasteiger partial charge in [-0.3, -0.25) is 0 Å². The number of hydrogen-bond acceptors (Lipinski definition) is 5. The third-order valence-corrected chi connectivity index (χ3v) is 3.80. The van der Waals surface area contributed by atoms with Gasteiger partial charge in [-0.15, -0.1) is 0 Å². The molecule has 1 N–H and O–H groups in total. The molecule has 0 fully saturated rings. The molecule has 1 aromatic heterocycles. The molecule has 2 aromatic carbocycles. The molecule has 124 valence electrons. The van der Waals surface area contributed by atoms with Gasteiger partial charge >= 0.3 is 0 Å². The largest absolute Gasteiger partial charge is 0.489 e. The Morgan fingerprint density at radius 1 is 1.08 bits per heavy atom. The van der Waals surface area contributed by atoms with Crippen LogP contribution in [-0.2, 0) is 13.0 Å². The van der Waals surface area contributed by atoms with Crippen molar-refractivity contribution < 1.29 is 9.26 Å². The molecule has 1 atom stereocenters. The van der Waals surface area contributed by atoms with Crippen LogP contribution in [0.3, 0.4) is 0 Å². The van der Waals surface area contributed by atoms with Crippen molar-refractivity contribution in [3.8, 4) is 17.2 Å². The van der Waals surface area contributed by atoms with E-state index in [0.717, 1.165) is 23.3 Å². The van der Waals surface area contributed by atoms with Gasteiger partial charge < -0.3 is 14.6 Å². The van der Waals surface area contributed by atoms with Gasteiger partial charge in [0.2, 0.25) is 0 Å². The van der Waals surface area contributed by atoms with Crippen LogP contribution in [0.15, 0.2) is 59.1 Å². The standard InChI is InChI=1S/C19H21N3O2/c1-14(20-2)12-18-21-19(24-22-18)16-8-10-17(11-9-16)23-13-15-6-4-3-5-7-15/h3-11,14,20H,12-13H2,1-2H3.